The van der Waals surface area contributed by atoms with Crippen LogP contribution in [0.1, 0.15) is 16.2 Å². The van der Waals surface area contributed by atoms with E-state index in [-0.39, 0.29) is 16.6 Å². The number of imidazole rings is 1. The molecule has 6 nitrogen and oxygen atoms in total. The Bertz CT molecular complexity index is 1030. The lowest BCUT2D eigenvalue weighted by molar-refractivity contribution is -0.150. The highest BCUT2D eigenvalue weighted by atomic mass is 19.4. The Morgan fingerprint density at radius 3 is 2.46 bits per heavy atom. The summed E-state index contributed by atoms with van der Waals surface area (Å²) in [4.78, 5) is 27.9. The summed E-state index contributed by atoms with van der Waals surface area (Å²) < 4.78 is 50.4. The standard InChI is InChI=1S/C19H15F3N2O4/c1-27-16-9-5-2-6-12(16)15(25)11-28-17(26)10-24-14-8-4-3-7-13(14)23-18(24)19(20,21)22/h2-9H,10-11H2,1H3. The summed E-state index contributed by atoms with van der Waals surface area (Å²) in [5.74, 6) is -2.42. The third kappa shape index (κ3) is 3.98. The fourth-order valence-electron chi connectivity index (χ4n) is 2.73. The monoisotopic (exact) mass is 392 g/mol. The molecule has 146 valence electrons. The van der Waals surface area contributed by atoms with Gasteiger partial charge in [-0.15, -0.1) is 0 Å². The third-order valence-corrected chi connectivity index (χ3v) is 3.97. The fourth-order valence-corrected chi connectivity index (χ4v) is 2.73. The molecule has 0 fully saturated rings. The number of esters is 1. The average molecular weight is 392 g/mol. The number of ether oxygens (including phenoxy) is 2. The summed E-state index contributed by atoms with van der Waals surface area (Å²) in [7, 11) is 1.39. The molecule has 0 saturated carbocycles. The lowest BCUT2D eigenvalue weighted by Crippen LogP contribution is -2.22. The molecule has 2 aromatic carbocycles. The van der Waals surface area contributed by atoms with Gasteiger partial charge in [-0.05, 0) is 24.3 Å². The summed E-state index contributed by atoms with van der Waals surface area (Å²) in [5, 5.41) is 0. The molecule has 0 aliphatic carbocycles. The van der Waals surface area contributed by atoms with Crippen LogP contribution in [0, 0.1) is 0 Å². The number of aromatic nitrogens is 2. The smallest absolute Gasteiger partial charge is 0.449 e. The topological polar surface area (TPSA) is 70.4 Å². The van der Waals surface area contributed by atoms with E-state index in [2.05, 4.69) is 4.98 Å². The van der Waals surface area contributed by atoms with Gasteiger partial charge < -0.3 is 14.0 Å². The van der Waals surface area contributed by atoms with Crippen molar-refractivity contribution in [1.29, 1.82) is 0 Å². The van der Waals surface area contributed by atoms with Gasteiger partial charge in [0.05, 0.1) is 23.7 Å². The normalized spacial score (nSPS) is 11.4. The minimum atomic E-state index is -4.74. The summed E-state index contributed by atoms with van der Waals surface area (Å²) in [5.41, 5.74) is 0.456. The van der Waals surface area contributed by atoms with E-state index in [9.17, 15) is 22.8 Å². The fraction of sp³-hybridized carbons (Fsp3) is 0.211. The lowest BCUT2D eigenvalue weighted by atomic mass is 10.1. The highest BCUT2D eigenvalue weighted by Crippen LogP contribution is 2.31. The first-order valence-corrected chi connectivity index (χ1v) is 8.15. The van der Waals surface area contributed by atoms with Gasteiger partial charge in [0.25, 0.3) is 0 Å². The van der Waals surface area contributed by atoms with Crippen molar-refractivity contribution in [2.75, 3.05) is 13.7 Å². The SMILES string of the molecule is COc1ccccc1C(=O)COC(=O)Cn1c(C(F)(F)F)nc2ccccc21. The van der Waals surface area contributed by atoms with Gasteiger partial charge in [-0.25, -0.2) is 4.98 Å². The Balaban J connectivity index is 1.76. The van der Waals surface area contributed by atoms with Crippen molar-refractivity contribution in [3.05, 3.63) is 59.9 Å². The number of benzene rings is 2. The number of para-hydroxylation sites is 3. The predicted octanol–water partition coefficient (Wildman–Crippen LogP) is 3.49. The molecule has 0 atom stereocenters. The molecule has 0 unspecified atom stereocenters. The lowest BCUT2D eigenvalue weighted by Gasteiger charge is -2.11. The molecule has 0 amide bonds. The van der Waals surface area contributed by atoms with E-state index in [1.165, 1.54) is 31.4 Å². The first-order chi connectivity index (χ1) is 13.3. The molecule has 0 spiro atoms. The predicted molar refractivity (Wildman–Crippen MR) is 93.0 cm³/mol. The van der Waals surface area contributed by atoms with E-state index in [1.54, 1.807) is 24.3 Å². The Morgan fingerprint density at radius 2 is 1.75 bits per heavy atom. The number of carbonyl (C=O) groups is 2. The Hall–Kier alpha value is -3.36. The molecule has 3 aromatic rings. The molecule has 1 heterocycles. The van der Waals surface area contributed by atoms with Gasteiger partial charge >= 0.3 is 12.1 Å². The van der Waals surface area contributed by atoms with E-state index in [0.717, 1.165) is 4.57 Å². The van der Waals surface area contributed by atoms with Crippen molar-refractivity contribution in [3.63, 3.8) is 0 Å². The molecular weight excluding hydrogens is 377 g/mol. The maximum atomic E-state index is 13.3. The number of hydrogen-bond acceptors (Lipinski definition) is 5. The van der Waals surface area contributed by atoms with Crippen LogP contribution in [-0.4, -0.2) is 35.0 Å². The first kappa shape index (κ1) is 19.4. The number of carbonyl (C=O) groups excluding carboxylic acids is 2. The second-order valence-electron chi connectivity index (χ2n) is 5.79. The molecule has 0 radical (unpaired) electrons. The maximum absolute atomic E-state index is 13.3. The van der Waals surface area contributed by atoms with Crippen molar-refractivity contribution in [2.45, 2.75) is 12.7 Å². The summed E-state index contributed by atoms with van der Waals surface area (Å²) >= 11 is 0. The number of Topliss-reactive ketones (excluding diaryl/α,β-unsaturated/α-hetero) is 1. The van der Waals surface area contributed by atoms with Crippen molar-refractivity contribution < 1.29 is 32.2 Å². The van der Waals surface area contributed by atoms with Gasteiger partial charge in [0.2, 0.25) is 11.6 Å². The van der Waals surface area contributed by atoms with E-state index < -0.39 is 36.9 Å². The zero-order chi connectivity index (χ0) is 20.3. The van der Waals surface area contributed by atoms with Crippen LogP contribution in [0.25, 0.3) is 11.0 Å². The summed E-state index contributed by atoms with van der Waals surface area (Å²) in [6.45, 7) is -1.35. The van der Waals surface area contributed by atoms with Crippen LogP contribution in [0.4, 0.5) is 13.2 Å². The number of hydrogen-bond donors (Lipinski definition) is 0. The van der Waals surface area contributed by atoms with Crippen LogP contribution >= 0.6 is 0 Å². The summed E-state index contributed by atoms with van der Waals surface area (Å²) in [6.07, 6.45) is -4.74. The van der Waals surface area contributed by atoms with Gasteiger partial charge in [0.15, 0.2) is 6.61 Å². The number of halogens is 3. The van der Waals surface area contributed by atoms with Crippen LogP contribution in [-0.2, 0) is 22.3 Å². The van der Waals surface area contributed by atoms with Crippen LogP contribution in [0.2, 0.25) is 0 Å². The molecule has 0 saturated heterocycles. The Labute approximate surface area is 157 Å². The second-order valence-corrected chi connectivity index (χ2v) is 5.79. The molecule has 0 aliphatic heterocycles. The highest BCUT2D eigenvalue weighted by Gasteiger charge is 2.38. The van der Waals surface area contributed by atoms with Crippen molar-refractivity contribution in [1.82, 2.24) is 9.55 Å². The average Bonchev–Trinajstić information content (AvgIpc) is 3.05. The Morgan fingerprint density at radius 1 is 1.07 bits per heavy atom. The van der Waals surface area contributed by atoms with Crippen molar-refractivity contribution >= 4 is 22.8 Å². The van der Waals surface area contributed by atoms with Gasteiger partial charge in [0, 0.05) is 0 Å². The number of ketones is 1. The van der Waals surface area contributed by atoms with Crippen LogP contribution in [0.5, 0.6) is 5.75 Å². The van der Waals surface area contributed by atoms with E-state index in [1.807, 2.05) is 0 Å². The molecule has 28 heavy (non-hydrogen) atoms. The second kappa shape index (κ2) is 7.71. The minimum Gasteiger partial charge on any atom is -0.496 e. The zero-order valence-electron chi connectivity index (χ0n) is 14.7. The van der Waals surface area contributed by atoms with Crippen LogP contribution in [0.3, 0.4) is 0 Å². The molecule has 0 bridgehead atoms. The van der Waals surface area contributed by atoms with Gasteiger partial charge in [-0.2, -0.15) is 13.2 Å². The largest absolute Gasteiger partial charge is 0.496 e. The number of methoxy groups -OCH3 is 1. The first-order valence-electron chi connectivity index (χ1n) is 8.15. The van der Waals surface area contributed by atoms with Crippen LogP contribution < -0.4 is 4.74 Å². The molecule has 9 heteroatoms. The van der Waals surface area contributed by atoms with Crippen molar-refractivity contribution in [2.24, 2.45) is 0 Å². The zero-order valence-corrected chi connectivity index (χ0v) is 14.7. The van der Waals surface area contributed by atoms with Gasteiger partial charge in [0.1, 0.15) is 12.3 Å². The van der Waals surface area contributed by atoms with E-state index in [0.29, 0.717) is 5.75 Å². The summed E-state index contributed by atoms with van der Waals surface area (Å²) in [6, 6.07) is 12.3. The third-order valence-electron chi connectivity index (χ3n) is 3.97. The van der Waals surface area contributed by atoms with Gasteiger partial charge in [-0.1, -0.05) is 24.3 Å². The number of nitrogens with zero attached hydrogens (tertiary/aromatic N) is 2. The van der Waals surface area contributed by atoms with E-state index in [4.69, 9.17) is 9.47 Å². The molecule has 0 N–H and O–H groups in total. The highest BCUT2D eigenvalue weighted by molar-refractivity contribution is 6.00. The molecule has 1 aromatic heterocycles. The molecule has 3 rings (SSSR count). The molecule has 0 aliphatic rings. The number of fused-ring (bicyclic) bond motifs is 1. The minimum absolute atomic E-state index is 0.104. The maximum Gasteiger partial charge on any atom is 0.449 e. The Kier molecular flexibility index (Phi) is 5.34. The number of alkyl halides is 3. The van der Waals surface area contributed by atoms with Crippen molar-refractivity contribution in [3.8, 4) is 5.75 Å². The van der Waals surface area contributed by atoms with Gasteiger partial charge in [-0.3, -0.25) is 9.59 Å². The van der Waals surface area contributed by atoms with Crippen LogP contribution in [0.15, 0.2) is 48.5 Å². The quantitative estimate of drug-likeness (QED) is 0.474. The molecular formula is C19H15F3N2O4. The number of rotatable bonds is 6. The van der Waals surface area contributed by atoms with E-state index >= 15 is 0 Å².